The summed E-state index contributed by atoms with van der Waals surface area (Å²) in [6.45, 7) is 0. The molecule has 0 N–H and O–H groups in total. The van der Waals surface area contributed by atoms with Gasteiger partial charge in [-0.3, -0.25) is 4.79 Å². The van der Waals surface area contributed by atoms with Crippen LogP contribution in [0.15, 0.2) is 46.9 Å². The molecule has 114 valence electrons. The van der Waals surface area contributed by atoms with Crippen LogP contribution in [0, 0.1) is 0 Å². The second-order valence-corrected chi connectivity index (χ2v) is 6.13. The SMILES string of the molecule is COc1ccc(C2=NN(C(=O)CCl)C(c3cccs3)C2)cc1. The van der Waals surface area contributed by atoms with E-state index in [1.165, 1.54) is 5.01 Å². The van der Waals surface area contributed by atoms with Gasteiger partial charge in [-0.1, -0.05) is 6.07 Å². The number of amides is 1. The molecule has 1 unspecified atom stereocenters. The van der Waals surface area contributed by atoms with Gasteiger partial charge in [0.1, 0.15) is 11.6 Å². The molecule has 0 spiro atoms. The summed E-state index contributed by atoms with van der Waals surface area (Å²) in [5, 5.41) is 8.02. The molecule has 4 nitrogen and oxygen atoms in total. The summed E-state index contributed by atoms with van der Waals surface area (Å²) in [7, 11) is 1.63. The fourth-order valence-corrected chi connectivity index (χ4v) is 3.40. The second kappa shape index (κ2) is 6.50. The Kier molecular flexibility index (Phi) is 4.45. The number of hydrogen-bond acceptors (Lipinski definition) is 4. The molecule has 0 fully saturated rings. The fraction of sp³-hybridized carbons (Fsp3) is 0.250. The number of hydrogen-bond donors (Lipinski definition) is 0. The van der Waals surface area contributed by atoms with E-state index in [1.807, 2.05) is 41.8 Å². The summed E-state index contributed by atoms with van der Waals surface area (Å²) in [6, 6.07) is 11.6. The molecular formula is C16H15ClN2O2S. The number of thiophene rings is 1. The van der Waals surface area contributed by atoms with Crippen molar-refractivity contribution in [2.75, 3.05) is 13.0 Å². The highest BCUT2D eigenvalue weighted by Gasteiger charge is 2.33. The van der Waals surface area contributed by atoms with E-state index in [-0.39, 0.29) is 17.8 Å². The molecule has 0 saturated carbocycles. The molecule has 0 bridgehead atoms. The molecule has 1 atom stereocenters. The Hall–Kier alpha value is -1.85. The lowest BCUT2D eigenvalue weighted by Crippen LogP contribution is -2.27. The van der Waals surface area contributed by atoms with Crippen molar-refractivity contribution in [3.05, 3.63) is 52.2 Å². The van der Waals surface area contributed by atoms with Gasteiger partial charge in [-0.25, -0.2) is 5.01 Å². The van der Waals surface area contributed by atoms with Crippen molar-refractivity contribution in [2.24, 2.45) is 5.10 Å². The zero-order valence-electron chi connectivity index (χ0n) is 12.0. The van der Waals surface area contributed by atoms with E-state index >= 15 is 0 Å². The summed E-state index contributed by atoms with van der Waals surface area (Å²) in [6.07, 6.45) is 0.690. The van der Waals surface area contributed by atoms with Crippen LogP contribution in [0.5, 0.6) is 5.75 Å². The van der Waals surface area contributed by atoms with Gasteiger partial charge in [0.25, 0.3) is 5.91 Å². The molecule has 1 aliphatic rings. The number of rotatable bonds is 4. The predicted octanol–water partition coefficient (Wildman–Crippen LogP) is 3.67. The van der Waals surface area contributed by atoms with Crippen LogP contribution in [0.1, 0.15) is 22.9 Å². The Bertz CT molecular complexity index is 683. The summed E-state index contributed by atoms with van der Waals surface area (Å²) in [5.41, 5.74) is 1.88. The van der Waals surface area contributed by atoms with Gasteiger partial charge in [0.2, 0.25) is 0 Å². The van der Waals surface area contributed by atoms with Crippen molar-refractivity contribution >= 4 is 34.6 Å². The zero-order chi connectivity index (χ0) is 15.5. The number of benzene rings is 1. The minimum atomic E-state index is -0.177. The standard InChI is InChI=1S/C16H15ClN2O2S/c1-21-12-6-4-11(5-7-12)13-9-14(15-3-2-8-22-15)19(18-13)16(20)10-17/h2-8,14H,9-10H2,1H3. The first-order chi connectivity index (χ1) is 10.7. The lowest BCUT2D eigenvalue weighted by molar-refractivity contribution is -0.130. The van der Waals surface area contributed by atoms with E-state index in [0.29, 0.717) is 6.42 Å². The van der Waals surface area contributed by atoms with E-state index in [9.17, 15) is 4.79 Å². The van der Waals surface area contributed by atoms with Gasteiger partial charge in [-0.15, -0.1) is 22.9 Å². The molecule has 1 amide bonds. The highest BCUT2D eigenvalue weighted by atomic mass is 35.5. The van der Waals surface area contributed by atoms with Crippen LogP contribution in [-0.2, 0) is 4.79 Å². The predicted molar refractivity (Wildman–Crippen MR) is 88.8 cm³/mol. The molecule has 0 aliphatic carbocycles. The van der Waals surface area contributed by atoms with E-state index in [0.717, 1.165) is 21.9 Å². The quantitative estimate of drug-likeness (QED) is 0.800. The van der Waals surface area contributed by atoms with Crippen LogP contribution >= 0.6 is 22.9 Å². The van der Waals surface area contributed by atoms with Crippen molar-refractivity contribution in [3.63, 3.8) is 0 Å². The maximum atomic E-state index is 12.1. The van der Waals surface area contributed by atoms with Crippen molar-refractivity contribution < 1.29 is 9.53 Å². The van der Waals surface area contributed by atoms with Gasteiger partial charge in [-0.05, 0) is 41.3 Å². The molecule has 1 aliphatic heterocycles. The Morgan fingerprint density at radius 3 is 2.77 bits per heavy atom. The molecule has 22 heavy (non-hydrogen) atoms. The van der Waals surface area contributed by atoms with Gasteiger partial charge in [-0.2, -0.15) is 5.10 Å². The third-order valence-corrected chi connectivity index (χ3v) is 4.78. The van der Waals surface area contributed by atoms with Crippen LogP contribution < -0.4 is 4.74 Å². The van der Waals surface area contributed by atoms with Gasteiger partial charge >= 0.3 is 0 Å². The first-order valence-corrected chi connectivity index (χ1v) is 8.27. The van der Waals surface area contributed by atoms with Crippen LogP contribution in [0.3, 0.4) is 0 Å². The number of alkyl halides is 1. The van der Waals surface area contributed by atoms with Gasteiger partial charge in [0.15, 0.2) is 0 Å². The number of halogens is 1. The molecular weight excluding hydrogens is 320 g/mol. The molecule has 0 saturated heterocycles. The summed E-state index contributed by atoms with van der Waals surface area (Å²) >= 11 is 7.34. The normalized spacial score (nSPS) is 17.5. The molecule has 6 heteroatoms. The van der Waals surface area contributed by atoms with Crippen LogP contribution in [0.4, 0.5) is 0 Å². The molecule has 3 rings (SSSR count). The topological polar surface area (TPSA) is 41.9 Å². The smallest absolute Gasteiger partial charge is 0.258 e. The van der Waals surface area contributed by atoms with Crippen molar-refractivity contribution in [2.45, 2.75) is 12.5 Å². The van der Waals surface area contributed by atoms with Gasteiger partial charge in [0.05, 0.1) is 18.9 Å². The zero-order valence-corrected chi connectivity index (χ0v) is 13.6. The maximum absolute atomic E-state index is 12.1. The molecule has 2 heterocycles. The van der Waals surface area contributed by atoms with E-state index < -0.39 is 0 Å². The monoisotopic (exact) mass is 334 g/mol. The average molecular weight is 335 g/mol. The number of methoxy groups -OCH3 is 1. The largest absolute Gasteiger partial charge is 0.497 e. The molecule has 0 radical (unpaired) electrons. The molecule has 1 aromatic heterocycles. The molecule has 1 aromatic carbocycles. The van der Waals surface area contributed by atoms with Crippen LogP contribution in [-0.4, -0.2) is 29.6 Å². The number of hydrazone groups is 1. The van der Waals surface area contributed by atoms with Crippen LogP contribution in [0.25, 0.3) is 0 Å². The summed E-state index contributed by atoms with van der Waals surface area (Å²) < 4.78 is 5.17. The van der Waals surface area contributed by atoms with Gasteiger partial charge in [0, 0.05) is 11.3 Å². The minimum absolute atomic E-state index is 0.0663. The summed E-state index contributed by atoms with van der Waals surface area (Å²) in [4.78, 5) is 13.2. The number of nitrogens with zero attached hydrogens (tertiary/aromatic N) is 2. The average Bonchev–Trinajstić information content (AvgIpc) is 3.23. The van der Waals surface area contributed by atoms with E-state index in [4.69, 9.17) is 16.3 Å². The Morgan fingerprint density at radius 2 is 2.18 bits per heavy atom. The summed E-state index contributed by atoms with van der Waals surface area (Å²) in [5.74, 6) is 0.552. The third-order valence-electron chi connectivity index (χ3n) is 3.58. The lowest BCUT2D eigenvalue weighted by atomic mass is 10.0. The maximum Gasteiger partial charge on any atom is 0.258 e. The first kappa shape index (κ1) is 15.1. The van der Waals surface area contributed by atoms with E-state index in [2.05, 4.69) is 5.10 Å². The lowest BCUT2D eigenvalue weighted by Gasteiger charge is -2.19. The van der Waals surface area contributed by atoms with Crippen molar-refractivity contribution in [3.8, 4) is 5.75 Å². The first-order valence-electron chi connectivity index (χ1n) is 6.86. The number of ether oxygens (including phenoxy) is 1. The van der Waals surface area contributed by atoms with Crippen molar-refractivity contribution in [1.29, 1.82) is 0 Å². The highest BCUT2D eigenvalue weighted by Crippen LogP contribution is 2.35. The number of carbonyl (C=O) groups excluding carboxylic acids is 1. The van der Waals surface area contributed by atoms with Crippen molar-refractivity contribution in [1.82, 2.24) is 5.01 Å². The van der Waals surface area contributed by atoms with E-state index in [1.54, 1.807) is 18.4 Å². The molecule has 2 aromatic rings. The number of carbonyl (C=O) groups is 1. The second-order valence-electron chi connectivity index (χ2n) is 4.88. The fourth-order valence-electron chi connectivity index (χ4n) is 2.46. The van der Waals surface area contributed by atoms with Crippen LogP contribution in [0.2, 0.25) is 0 Å². The Labute approximate surface area is 138 Å². The Balaban J connectivity index is 1.90. The Morgan fingerprint density at radius 1 is 1.41 bits per heavy atom. The minimum Gasteiger partial charge on any atom is -0.497 e. The third kappa shape index (κ3) is 2.87. The highest BCUT2D eigenvalue weighted by molar-refractivity contribution is 7.10. The van der Waals surface area contributed by atoms with Gasteiger partial charge < -0.3 is 4.74 Å².